The number of hydrogen-bond acceptors (Lipinski definition) is 6. The first-order valence-corrected chi connectivity index (χ1v) is 10.0. The predicted molar refractivity (Wildman–Crippen MR) is 92.7 cm³/mol. The molecule has 0 spiro atoms. The molecule has 0 saturated heterocycles. The number of anilines is 1. The van der Waals surface area contributed by atoms with Gasteiger partial charge in [-0.15, -0.1) is 10.2 Å². The van der Waals surface area contributed by atoms with Crippen molar-refractivity contribution in [3.05, 3.63) is 58.8 Å². The van der Waals surface area contributed by atoms with E-state index in [4.69, 9.17) is 11.6 Å². The topological polar surface area (TPSA) is 72.0 Å². The molecule has 0 unspecified atom stereocenters. The molecule has 1 aromatic heterocycles. The Morgan fingerprint density at radius 3 is 2.54 bits per heavy atom. The minimum absolute atomic E-state index is 0.175. The second kappa shape index (κ2) is 7.06. The maximum absolute atomic E-state index is 13.1. The van der Waals surface area contributed by atoms with Crippen LogP contribution in [0.5, 0.6) is 0 Å². The van der Waals surface area contributed by atoms with E-state index in [0.29, 0.717) is 5.69 Å². The summed E-state index contributed by atoms with van der Waals surface area (Å²) in [5, 5.41) is 7.50. The monoisotopic (exact) mass is 401 g/mol. The van der Waals surface area contributed by atoms with Crippen LogP contribution in [0, 0.1) is 5.82 Å². The number of hydrogen-bond donors (Lipinski definition) is 1. The Labute approximate surface area is 150 Å². The molecular formula is C14H9ClFN3O2S3. The van der Waals surface area contributed by atoms with Crippen LogP contribution in [-0.2, 0) is 10.0 Å². The minimum Gasteiger partial charge on any atom is -0.280 e. The Morgan fingerprint density at radius 1 is 1.17 bits per heavy atom. The summed E-state index contributed by atoms with van der Waals surface area (Å²) in [5.74, 6) is -0.600. The summed E-state index contributed by atoms with van der Waals surface area (Å²) < 4.78 is 40.9. The lowest BCUT2D eigenvalue weighted by molar-refractivity contribution is 0.600. The zero-order chi connectivity index (χ0) is 17.2. The van der Waals surface area contributed by atoms with E-state index in [9.17, 15) is 12.8 Å². The third-order valence-electron chi connectivity index (χ3n) is 2.84. The second-order valence-corrected chi connectivity index (χ2v) is 8.72. The third-order valence-corrected chi connectivity index (χ3v) is 6.49. The highest BCUT2D eigenvalue weighted by Crippen LogP contribution is 2.30. The zero-order valence-electron chi connectivity index (χ0n) is 11.8. The average molecular weight is 402 g/mol. The number of benzene rings is 2. The van der Waals surface area contributed by atoms with Gasteiger partial charge in [0.2, 0.25) is 0 Å². The first-order chi connectivity index (χ1) is 11.4. The van der Waals surface area contributed by atoms with Crippen molar-refractivity contribution >= 4 is 50.4 Å². The van der Waals surface area contributed by atoms with Gasteiger partial charge in [0.25, 0.3) is 10.0 Å². The summed E-state index contributed by atoms with van der Waals surface area (Å²) in [7, 11) is -3.90. The number of halogens is 2. The van der Waals surface area contributed by atoms with E-state index >= 15 is 0 Å². The van der Waals surface area contributed by atoms with Crippen LogP contribution in [0.4, 0.5) is 10.1 Å². The lowest BCUT2D eigenvalue weighted by atomic mass is 10.3. The number of nitrogens with zero attached hydrogens (tertiary/aromatic N) is 2. The van der Waals surface area contributed by atoms with Crippen molar-refractivity contribution in [1.82, 2.24) is 10.2 Å². The fraction of sp³-hybridized carbons (Fsp3) is 0. The van der Waals surface area contributed by atoms with E-state index in [1.165, 1.54) is 23.1 Å². The van der Waals surface area contributed by atoms with Gasteiger partial charge in [-0.05, 0) is 42.5 Å². The predicted octanol–water partition coefficient (Wildman–Crippen LogP) is 4.28. The molecule has 0 aliphatic carbocycles. The smallest absolute Gasteiger partial charge is 0.263 e. The Balaban J connectivity index is 1.77. The average Bonchev–Trinajstić information content (AvgIpc) is 3.01. The quantitative estimate of drug-likeness (QED) is 0.690. The number of sulfonamides is 1. The van der Waals surface area contributed by atoms with Crippen LogP contribution < -0.4 is 4.72 Å². The SMILES string of the molecule is O=S(=O)(Nc1ccc(Sc2nncs2)cc1)c1ccc(F)cc1Cl. The van der Waals surface area contributed by atoms with Crippen molar-refractivity contribution < 1.29 is 12.8 Å². The molecule has 0 radical (unpaired) electrons. The minimum atomic E-state index is -3.90. The van der Waals surface area contributed by atoms with Crippen LogP contribution in [-0.4, -0.2) is 18.6 Å². The highest BCUT2D eigenvalue weighted by molar-refractivity contribution is 8.01. The molecule has 1 N–H and O–H groups in total. The molecule has 0 aliphatic rings. The summed E-state index contributed by atoms with van der Waals surface area (Å²) in [6.45, 7) is 0. The van der Waals surface area contributed by atoms with E-state index in [0.717, 1.165) is 27.4 Å². The molecular weight excluding hydrogens is 393 g/mol. The molecule has 2 aromatic carbocycles. The largest absolute Gasteiger partial charge is 0.280 e. The fourth-order valence-electron chi connectivity index (χ4n) is 1.80. The van der Waals surface area contributed by atoms with E-state index < -0.39 is 15.8 Å². The van der Waals surface area contributed by atoms with Gasteiger partial charge in [0.1, 0.15) is 16.2 Å². The van der Waals surface area contributed by atoms with Crippen LogP contribution in [0.3, 0.4) is 0 Å². The van der Waals surface area contributed by atoms with Crippen molar-refractivity contribution in [3.63, 3.8) is 0 Å². The van der Waals surface area contributed by atoms with Gasteiger partial charge in [0, 0.05) is 10.6 Å². The molecule has 0 amide bonds. The summed E-state index contributed by atoms with van der Waals surface area (Å²) in [6, 6.07) is 9.89. The van der Waals surface area contributed by atoms with Crippen LogP contribution >= 0.6 is 34.7 Å². The molecule has 24 heavy (non-hydrogen) atoms. The second-order valence-electron chi connectivity index (χ2n) is 4.51. The van der Waals surface area contributed by atoms with E-state index in [2.05, 4.69) is 14.9 Å². The van der Waals surface area contributed by atoms with Gasteiger partial charge in [0.05, 0.1) is 5.02 Å². The van der Waals surface area contributed by atoms with Crippen molar-refractivity contribution in [2.75, 3.05) is 4.72 Å². The molecule has 1 heterocycles. The van der Waals surface area contributed by atoms with Gasteiger partial charge >= 0.3 is 0 Å². The molecule has 0 saturated carbocycles. The Kier molecular flexibility index (Phi) is 5.04. The summed E-state index contributed by atoms with van der Waals surface area (Å²) in [5.41, 5.74) is 2.01. The first kappa shape index (κ1) is 17.2. The van der Waals surface area contributed by atoms with Crippen molar-refractivity contribution in [3.8, 4) is 0 Å². The maximum Gasteiger partial charge on any atom is 0.263 e. The summed E-state index contributed by atoms with van der Waals surface area (Å²) in [4.78, 5) is 0.715. The van der Waals surface area contributed by atoms with Gasteiger partial charge in [-0.1, -0.05) is 34.7 Å². The molecule has 0 bridgehead atoms. The lowest BCUT2D eigenvalue weighted by Gasteiger charge is -2.10. The lowest BCUT2D eigenvalue weighted by Crippen LogP contribution is -2.13. The standard InChI is InChI=1S/C14H9ClFN3O2S3/c15-12-7-9(16)1-6-13(12)24(20,21)19-10-2-4-11(5-3-10)23-14-18-17-8-22-14/h1-8,19H. The van der Waals surface area contributed by atoms with Crippen molar-refractivity contribution in [2.45, 2.75) is 14.1 Å². The highest BCUT2D eigenvalue weighted by atomic mass is 35.5. The number of aromatic nitrogens is 2. The van der Waals surface area contributed by atoms with Gasteiger partial charge in [-0.3, -0.25) is 4.72 Å². The molecule has 10 heteroatoms. The van der Waals surface area contributed by atoms with Gasteiger partial charge in [-0.2, -0.15) is 0 Å². The molecule has 0 atom stereocenters. The van der Waals surface area contributed by atoms with E-state index in [-0.39, 0.29) is 9.92 Å². The Hall–Kier alpha value is -1.68. The first-order valence-electron chi connectivity index (χ1n) is 6.46. The van der Waals surface area contributed by atoms with Crippen LogP contribution in [0.2, 0.25) is 5.02 Å². The third kappa shape index (κ3) is 4.04. The van der Waals surface area contributed by atoms with E-state index in [1.54, 1.807) is 29.8 Å². The summed E-state index contributed by atoms with van der Waals surface area (Å²) in [6.07, 6.45) is 0. The molecule has 3 aromatic rings. The molecule has 124 valence electrons. The van der Waals surface area contributed by atoms with Gasteiger partial charge in [0.15, 0.2) is 4.34 Å². The van der Waals surface area contributed by atoms with Crippen LogP contribution in [0.25, 0.3) is 0 Å². The van der Waals surface area contributed by atoms with E-state index in [1.807, 2.05) is 0 Å². The maximum atomic E-state index is 13.1. The highest BCUT2D eigenvalue weighted by Gasteiger charge is 2.18. The molecule has 3 rings (SSSR count). The van der Waals surface area contributed by atoms with Crippen molar-refractivity contribution in [2.24, 2.45) is 0 Å². The zero-order valence-corrected chi connectivity index (χ0v) is 15.0. The van der Waals surface area contributed by atoms with Crippen LogP contribution in [0.1, 0.15) is 0 Å². The Bertz CT molecular complexity index is 948. The molecule has 0 aliphatic heterocycles. The summed E-state index contributed by atoms with van der Waals surface area (Å²) >= 11 is 8.65. The van der Waals surface area contributed by atoms with Crippen LogP contribution in [0.15, 0.2) is 62.1 Å². The molecule has 0 fully saturated rings. The fourth-order valence-corrected chi connectivity index (χ4v) is 4.84. The van der Waals surface area contributed by atoms with Gasteiger partial charge in [-0.25, -0.2) is 12.8 Å². The Morgan fingerprint density at radius 2 is 1.92 bits per heavy atom. The number of rotatable bonds is 5. The normalized spacial score (nSPS) is 11.4. The van der Waals surface area contributed by atoms with Gasteiger partial charge < -0.3 is 0 Å². The van der Waals surface area contributed by atoms with Crippen molar-refractivity contribution in [1.29, 1.82) is 0 Å². The molecule has 5 nitrogen and oxygen atoms in total. The number of nitrogens with one attached hydrogen (secondary N) is 1.